The molecule has 0 fully saturated rings. The van der Waals surface area contributed by atoms with Gasteiger partial charge in [-0.3, -0.25) is 0 Å². The van der Waals surface area contributed by atoms with Crippen molar-refractivity contribution in [3.63, 3.8) is 0 Å². The lowest BCUT2D eigenvalue weighted by molar-refractivity contribution is 0.660. The van der Waals surface area contributed by atoms with Crippen LogP contribution in [0.1, 0.15) is 37.8 Å². The standard InChI is InChI=1S/C63H47N3/c1-63(2)57-25-11-9-19-51(57)52-38-36-48(40-58(52)63)65(46-32-27-42(28-33-46)41-15-5-3-6-16-41)47-34-29-43(30-35-47)49-21-13-23-55-56-24-14-22-50(62(56)64-61(49)55)44-31-37-54-53-20-10-12-26-59(53)66(60(54)39-44)45-17-7-4-8-18-45/h3-7,9-17,19-40,64H,8,18H2,1-2H3. The lowest BCUT2D eigenvalue weighted by Gasteiger charge is -2.28. The van der Waals surface area contributed by atoms with Gasteiger partial charge in [0.25, 0.3) is 0 Å². The number of rotatable bonds is 7. The average molecular weight is 846 g/mol. The van der Waals surface area contributed by atoms with Crippen molar-refractivity contribution in [2.24, 2.45) is 0 Å². The third-order valence-electron chi connectivity index (χ3n) is 14.4. The number of nitrogens with one attached hydrogen (secondary N) is 1. The maximum Gasteiger partial charge on any atom is 0.0544 e. The molecule has 0 saturated heterocycles. The smallest absolute Gasteiger partial charge is 0.0544 e. The van der Waals surface area contributed by atoms with Crippen LogP contribution >= 0.6 is 0 Å². The fourth-order valence-electron chi connectivity index (χ4n) is 11.2. The number of nitrogens with zero attached hydrogens (tertiary/aromatic N) is 2. The first-order valence-electron chi connectivity index (χ1n) is 23.2. The molecule has 2 aromatic heterocycles. The summed E-state index contributed by atoms with van der Waals surface area (Å²) in [6, 6.07) is 74.0. The largest absolute Gasteiger partial charge is 0.353 e. The Hall–Kier alpha value is -8.14. The average Bonchev–Trinajstić information content (AvgIpc) is 4.00. The van der Waals surface area contributed by atoms with E-state index in [-0.39, 0.29) is 5.41 Å². The van der Waals surface area contributed by atoms with Crippen LogP contribution in [0.25, 0.3) is 93.8 Å². The first kappa shape index (κ1) is 38.3. The highest BCUT2D eigenvalue weighted by Gasteiger charge is 2.35. The summed E-state index contributed by atoms with van der Waals surface area (Å²) in [7, 11) is 0. The maximum atomic E-state index is 3.97. The normalized spacial score (nSPS) is 13.9. The summed E-state index contributed by atoms with van der Waals surface area (Å²) in [5, 5.41) is 5.03. The van der Waals surface area contributed by atoms with E-state index >= 15 is 0 Å². The molecule has 2 aliphatic carbocycles. The second-order valence-electron chi connectivity index (χ2n) is 18.5. The molecule has 3 heteroatoms. The molecule has 0 bridgehead atoms. The van der Waals surface area contributed by atoms with Crippen molar-refractivity contribution >= 4 is 66.4 Å². The number of hydrogen-bond donors (Lipinski definition) is 1. The molecule has 1 N–H and O–H groups in total. The molecule has 0 amide bonds. The highest BCUT2D eigenvalue weighted by atomic mass is 15.1. The third kappa shape index (κ3) is 5.97. The molecule has 0 radical (unpaired) electrons. The van der Waals surface area contributed by atoms with Gasteiger partial charge in [-0.25, -0.2) is 0 Å². The Morgan fingerprint density at radius 1 is 0.439 bits per heavy atom. The lowest BCUT2D eigenvalue weighted by Crippen LogP contribution is -2.16. The predicted octanol–water partition coefficient (Wildman–Crippen LogP) is 17.4. The molecule has 66 heavy (non-hydrogen) atoms. The molecule has 0 unspecified atom stereocenters. The number of H-pyrrole nitrogens is 1. The van der Waals surface area contributed by atoms with Gasteiger partial charge < -0.3 is 14.5 Å². The van der Waals surface area contributed by atoms with Crippen LogP contribution in [0.5, 0.6) is 0 Å². The second kappa shape index (κ2) is 15.0. The molecule has 2 aliphatic rings. The Kier molecular flexibility index (Phi) is 8.69. The quantitative estimate of drug-likeness (QED) is 0.170. The van der Waals surface area contributed by atoms with Crippen molar-refractivity contribution in [1.29, 1.82) is 0 Å². The zero-order valence-electron chi connectivity index (χ0n) is 37.1. The summed E-state index contributed by atoms with van der Waals surface area (Å²) in [5.41, 5.74) is 22.0. The van der Waals surface area contributed by atoms with Crippen molar-refractivity contribution in [3.8, 4) is 44.5 Å². The molecule has 2 heterocycles. The number of aromatic nitrogens is 2. The predicted molar refractivity (Wildman–Crippen MR) is 280 cm³/mol. The van der Waals surface area contributed by atoms with Crippen molar-refractivity contribution in [3.05, 3.63) is 230 Å². The van der Waals surface area contributed by atoms with E-state index in [2.05, 4.69) is 247 Å². The van der Waals surface area contributed by atoms with E-state index in [1.807, 2.05) is 0 Å². The zero-order valence-corrected chi connectivity index (χ0v) is 37.1. The van der Waals surface area contributed by atoms with Gasteiger partial charge in [0.05, 0.1) is 22.1 Å². The Morgan fingerprint density at radius 2 is 1.02 bits per heavy atom. The van der Waals surface area contributed by atoms with Crippen molar-refractivity contribution in [2.45, 2.75) is 32.1 Å². The van der Waals surface area contributed by atoms with Gasteiger partial charge >= 0.3 is 0 Å². The first-order chi connectivity index (χ1) is 32.5. The summed E-state index contributed by atoms with van der Waals surface area (Å²) in [4.78, 5) is 6.38. The molecule has 0 saturated carbocycles. The van der Waals surface area contributed by atoms with Gasteiger partial charge in [-0.05, 0) is 112 Å². The van der Waals surface area contributed by atoms with Gasteiger partial charge in [-0.1, -0.05) is 178 Å². The second-order valence-corrected chi connectivity index (χ2v) is 18.5. The van der Waals surface area contributed by atoms with Crippen molar-refractivity contribution < 1.29 is 0 Å². The molecule has 9 aromatic carbocycles. The number of para-hydroxylation sites is 3. The number of aromatic amines is 1. The number of benzene rings is 9. The number of anilines is 3. The lowest BCUT2D eigenvalue weighted by atomic mass is 9.82. The van der Waals surface area contributed by atoms with Gasteiger partial charge in [0.15, 0.2) is 0 Å². The summed E-state index contributed by atoms with van der Waals surface area (Å²) >= 11 is 0. The van der Waals surface area contributed by atoms with E-state index in [4.69, 9.17) is 0 Å². The molecule has 0 aliphatic heterocycles. The Balaban J connectivity index is 0.908. The molecule has 3 nitrogen and oxygen atoms in total. The van der Waals surface area contributed by atoms with Crippen LogP contribution in [-0.2, 0) is 5.41 Å². The fourth-order valence-corrected chi connectivity index (χ4v) is 11.2. The van der Waals surface area contributed by atoms with Gasteiger partial charge in [0.1, 0.15) is 0 Å². The van der Waals surface area contributed by atoms with Crippen LogP contribution in [-0.4, -0.2) is 9.55 Å². The molecule has 0 atom stereocenters. The Morgan fingerprint density at radius 3 is 1.76 bits per heavy atom. The minimum atomic E-state index is -0.107. The summed E-state index contributed by atoms with van der Waals surface area (Å²) in [5.74, 6) is 0. The fraction of sp³-hybridized carbons (Fsp3) is 0.0794. The Labute approximate surface area is 385 Å². The molecular formula is C63H47N3. The third-order valence-corrected chi connectivity index (χ3v) is 14.4. The number of allylic oxidation sites excluding steroid dienone is 4. The highest BCUT2D eigenvalue weighted by Crippen LogP contribution is 2.51. The molecular weight excluding hydrogens is 799 g/mol. The van der Waals surface area contributed by atoms with Crippen molar-refractivity contribution in [1.82, 2.24) is 9.55 Å². The van der Waals surface area contributed by atoms with Crippen LogP contribution in [0.4, 0.5) is 17.1 Å². The van der Waals surface area contributed by atoms with Gasteiger partial charge in [-0.15, -0.1) is 0 Å². The zero-order chi connectivity index (χ0) is 43.9. The minimum absolute atomic E-state index is 0.107. The van der Waals surface area contributed by atoms with E-state index in [1.165, 1.54) is 93.9 Å². The van der Waals surface area contributed by atoms with Crippen LogP contribution in [0.15, 0.2) is 218 Å². The molecule has 0 spiro atoms. The molecule has 11 aromatic rings. The SMILES string of the molecule is CC1(C)c2ccccc2-c2ccc(N(c3ccc(-c4ccccc4)cc3)c3ccc(-c4cccc5c4[nH]c4c(-c6ccc7c8ccccc8n(C8=CC=CCC8)c7c6)cccc45)cc3)cc21. The van der Waals surface area contributed by atoms with E-state index in [1.54, 1.807) is 0 Å². The maximum absolute atomic E-state index is 3.97. The number of hydrogen-bond acceptors (Lipinski definition) is 1. The molecule has 13 rings (SSSR count). The summed E-state index contributed by atoms with van der Waals surface area (Å²) in [6.45, 7) is 4.71. The first-order valence-corrected chi connectivity index (χ1v) is 23.2. The van der Waals surface area contributed by atoms with E-state index in [9.17, 15) is 0 Å². The van der Waals surface area contributed by atoms with E-state index in [0.717, 1.165) is 40.9 Å². The van der Waals surface area contributed by atoms with Crippen molar-refractivity contribution in [2.75, 3.05) is 4.90 Å². The highest BCUT2D eigenvalue weighted by molar-refractivity contribution is 6.16. The van der Waals surface area contributed by atoms with Crippen LogP contribution in [0.3, 0.4) is 0 Å². The van der Waals surface area contributed by atoms with Crippen LogP contribution < -0.4 is 4.90 Å². The topological polar surface area (TPSA) is 24.0 Å². The minimum Gasteiger partial charge on any atom is -0.353 e. The summed E-state index contributed by atoms with van der Waals surface area (Å²) < 4.78 is 2.48. The van der Waals surface area contributed by atoms with Crippen LogP contribution in [0, 0.1) is 0 Å². The van der Waals surface area contributed by atoms with Crippen LogP contribution in [0.2, 0.25) is 0 Å². The number of fused-ring (bicyclic) bond motifs is 9. The summed E-state index contributed by atoms with van der Waals surface area (Å²) in [6.07, 6.45) is 8.83. The van der Waals surface area contributed by atoms with E-state index < -0.39 is 0 Å². The molecule has 314 valence electrons. The van der Waals surface area contributed by atoms with Gasteiger partial charge in [0.2, 0.25) is 0 Å². The Bertz CT molecular complexity index is 3760. The van der Waals surface area contributed by atoms with Gasteiger partial charge in [0, 0.05) is 60.8 Å². The van der Waals surface area contributed by atoms with E-state index in [0.29, 0.717) is 0 Å². The van der Waals surface area contributed by atoms with Gasteiger partial charge in [-0.2, -0.15) is 0 Å². The monoisotopic (exact) mass is 845 g/mol.